The van der Waals surface area contributed by atoms with E-state index in [1.165, 1.54) is 25.1 Å². The molecule has 3 rings (SSSR count). The van der Waals surface area contributed by atoms with E-state index < -0.39 is 0 Å². The average Bonchev–Trinajstić information content (AvgIpc) is 2.45. The van der Waals surface area contributed by atoms with Crippen LogP contribution in [-0.2, 0) is 13.0 Å². The maximum Gasteiger partial charge on any atom is 0.136 e. The molecule has 1 saturated carbocycles. The highest BCUT2D eigenvalue weighted by atomic mass is 15.3. The van der Waals surface area contributed by atoms with Gasteiger partial charge >= 0.3 is 0 Å². The second-order valence-electron chi connectivity index (χ2n) is 4.51. The van der Waals surface area contributed by atoms with E-state index in [1.54, 1.807) is 0 Å². The summed E-state index contributed by atoms with van der Waals surface area (Å²) in [6.45, 7) is 1.02. The van der Waals surface area contributed by atoms with Gasteiger partial charge in [-0.15, -0.1) is 10.2 Å². The first kappa shape index (κ1) is 8.41. The van der Waals surface area contributed by atoms with Gasteiger partial charge < -0.3 is 10.3 Å². The van der Waals surface area contributed by atoms with Crippen molar-refractivity contribution in [2.75, 3.05) is 0 Å². The van der Waals surface area contributed by atoms with E-state index in [1.807, 2.05) is 0 Å². The monoisotopic (exact) mass is 192 g/mol. The van der Waals surface area contributed by atoms with Gasteiger partial charge in [0.2, 0.25) is 0 Å². The molecule has 76 valence electrons. The standard InChI is InChI=1S/C10H16N4/c11-8-4-5-14-9(6-8)12-13-10(14)7-2-1-3-7/h7-8H,1-6,11H2. The minimum Gasteiger partial charge on any atom is -0.327 e. The van der Waals surface area contributed by atoms with Gasteiger partial charge in [-0.05, 0) is 19.3 Å². The number of nitrogens with two attached hydrogens (primary N) is 1. The Morgan fingerprint density at radius 3 is 2.79 bits per heavy atom. The third kappa shape index (κ3) is 1.17. The molecule has 1 aliphatic carbocycles. The van der Waals surface area contributed by atoms with Gasteiger partial charge in [0.05, 0.1) is 0 Å². The molecule has 14 heavy (non-hydrogen) atoms. The minimum atomic E-state index is 0.293. The number of nitrogens with zero attached hydrogens (tertiary/aromatic N) is 3. The Kier molecular flexibility index (Phi) is 1.83. The average molecular weight is 192 g/mol. The second kappa shape index (κ2) is 3.05. The number of hydrogen-bond donors (Lipinski definition) is 1. The summed E-state index contributed by atoms with van der Waals surface area (Å²) in [7, 11) is 0. The first-order valence-electron chi connectivity index (χ1n) is 5.52. The zero-order valence-electron chi connectivity index (χ0n) is 8.32. The Morgan fingerprint density at radius 1 is 1.21 bits per heavy atom. The Hall–Kier alpha value is -0.900. The van der Waals surface area contributed by atoms with Crippen molar-refractivity contribution in [3.8, 4) is 0 Å². The summed E-state index contributed by atoms with van der Waals surface area (Å²) in [4.78, 5) is 0. The Balaban J connectivity index is 1.91. The van der Waals surface area contributed by atoms with Crippen molar-refractivity contribution in [2.45, 2.75) is 50.6 Å². The molecule has 1 aromatic rings. The molecule has 2 aliphatic rings. The van der Waals surface area contributed by atoms with Gasteiger partial charge in [0.25, 0.3) is 0 Å². The third-order valence-electron chi connectivity index (χ3n) is 3.49. The molecule has 0 bridgehead atoms. The summed E-state index contributed by atoms with van der Waals surface area (Å²) in [6, 6.07) is 0.293. The third-order valence-corrected chi connectivity index (χ3v) is 3.49. The molecule has 1 aromatic heterocycles. The number of fused-ring (bicyclic) bond motifs is 1. The minimum absolute atomic E-state index is 0.293. The molecule has 0 aromatic carbocycles. The second-order valence-corrected chi connectivity index (χ2v) is 4.51. The zero-order chi connectivity index (χ0) is 9.54. The lowest BCUT2D eigenvalue weighted by Crippen LogP contribution is -2.32. The molecule has 4 heteroatoms. The lowest BCUT2D eigenvalue weighted by atomic mass is 9.84. The topological polar surface area (TPSA) is 56.7 Å². The molecule has 1 fully saturated rings. The number of rotatable bonds is 1. The molecule has 1 aliphatic heterocycles. The molecule has 2 N–H and O–H groups in total. The van der Waals surface area contributed by atoms with Crippen LogP contribution in [-0.4, -0.2) is 20.8 Å². The van der Waals surface area contributed by atoms with E-state index in [0.29, 0.717) is 12.0 Å². The maximum atomic E-state index is 5.90. The molecule has 2 heterocycles. The van der Waals surface area contributed by atoms with E-state index in [0.717, 1.165) is 25.2 Å². The van der Waals surface area contributed by atoms with Crippen molar-refractivity contribution in [3.63, 3.8) is 0 Å². The summed E-state index contributed by atoms with van der Waals surface area (Å²) in [5, 5.41) is 8.55. The highest BCUT2D eigenvalue weighted by Gasteiger charge is 2.28. The fourth-order valence-corrected chi connectivity index (χ4v) is 2.34. The molecule has 0 amide bonds. The van der Waals surface area contributed by atoms with Gasteiger partial charge in [0.1, 0.15) is 11.6 Å². The Labute approximate surface area is 83.5 Å². The van der Waals surface area contributed by atoms with Gasteiger partial charge in [0.15, 0.2) is 0 Å². The van der Waals surface area contributed by atoms with Crippen LogP contribution in [0.25, 0.3) is 0 Å². The Bertz CT molecular complexity index is 340. The predicted octanol–water partition coefficient (Wildman–Crippen LogP) is 0.819. The van der Waals surface area contributed by atoms with E-state index in [9.17, 15) is 0 Å². The molecule has 0 spiro atoms. The fraction of sp³-hybridized carbons (Fsp3) is 0.800. The Morgan fingerprint density at radius 2 is 2.07 bits per heavy atom. The summed E-state index contributed by atoms with van der Waals surface area (Å²) >= 11 is 0. The van der Waals surface area contributed by atoms with Gasteiger partial charge in [-0.1, -0.05) is 6.42 Å². The van der Waals surface area contributed by atoms with Gasteiger partial charge in [0, 0.05) is 24.9 Å². The van der Waals surface area contributed by atoms with Crippen LogP contribution in [0.2, 0.25) is 0 Å². The van der Waals surface area contributed by atoms with Gasteiger partial charge in [-0.2, -0.15) is 0 Å². The summed E-state index contributed by atoms with van der Waals surface area (Å²) in [5.74, 6) is 3.01. The lowest BCUT2D eigenvalue weighted by molar-refractivity contribution is 0.369. The summed E-state index contributed by atoms with van der Waals surface area (Å²) in [5.41, 5.74) is 5.90. The van der Waals surface area contributed by atoms with Crippen LogP contribution < -0.4 is 5.73 Å². The molecule has 1 atom stereocenters. The van der Waals surface area contributed by atoms with Crippen molar-refractivity contribution in [1.29, 1.82) is 0 Å². The van der Waals surface area contributed by atoms with Crippen LogP contribution in [0.5, 0.6) is 0 Å². The molecule has 1 unspecified atom stereocenters. The van der Waals surface area contributed by atoms with Crippen LogP contribution in [0.1, 0.15) is 43.3 Å². The van der Waals surface area contributed by atoms with E-state index in [4.69, 9.17) is 5.73 Å². The van der Waals surface area contributed by atoms with Crippen LogP contribution >= 0.6 is 0 Å². The first-order chi connectivity index (χ1) is 6.84. The van der Waals surface area contributed by atoms with E-state index in [-0.39, 0.29) is 0 Å². The molecule has 4 nitrogen and oxygen atoms in total. The smallest absolute Gasteiger partial charge is 0.136 e. The quantitative estimate of drug-likeness (QED) is 0.716. The number of aromatic nitrogens is 3. The summed E-state index contributed by atoms with van der Waals surface area (Å²) < 4.78 is 2.30. The van der Waals surface area contributed by atoms with Crippen molar-refractivity contribution in [2.24, 2.45) is 5.73 Å². The van der Waals surface area contributed by atoms with Gasteiger partial charge in [-0.25, -0.2) is 0 Å². The highest BCUT2D eigenvalue weighted by Crippen LogP contribution is 2.36. The maximum absolute atomic E-state index is 5.90. The van der Waals surface area contributed by atoms with Crippen molar-refractivity contribution >= 4 is 0 Å². The van der Waals surface area contributed by atoms with Crippen molar-refractivity contribution < 1.29 is 0 Å². The SMILES string of the molecule is NC1CCn2c(nnc2C2CCC2)C1. The molecular formula is C10H16N4. The van der Waals surface area contributed by atoms with Crippen LogP contribution in [0, 0.1) is 0 Å². The fourth-order valence-electron chi connectivity index (χ4n) is 2.34. The normalized spacial score (nSPS) is 27.1. The van der Waals surface area contributed by atoms with Crippen LogP contribution in [0.15, 0.2) is 0 Å². The highest BCUT2D eigenvalue weighted by molar-refractivity contribution is 5.08. The zero-order valence-corrected chi connectivity index (χ0v) is 8.32. The van der Waals surface area contributed by atoms with Crippen molar-refractivity contribution in [1.82, 2.24) is 14.8 Å². The number of hydrogen-bond acceptors (Lipinski definition) is 3. The first-order valence-corrected chi connectivity index (χ1v) is 5.52. The van der Waals surface area contributed by atoms with Crippen molar-refractivity contribution in [3.05, 3.63) is 11.6 Å². The largest absolute Gasteiger partial charge is 0.327 e. The predicted molar refractivity (Wildman–Crippen MR) is 52.9 cm³/mol. The summed E-state index contributed by atoms with van der Waals surface area (Å²) in [6.07, 6.45) is 5.92. The molecule has 0 saturated heterocycles. The van der Waals surface area contributed by atoms with Gasteiger partial charge in [-0.3, -0.25) is 0 Å². The molecule has 0 radical (unpaired) electrons. The molecular weight excluding hydrogens is 176 g/mol. The van der Waals surface area contributed by atoms with E-state index in [2.05, 4.69) is 14.8 Å². The lowest BCUT2D eigenvalue weighted by Gasteiger charge is -2.27. The van der Waals surface area contributed by atoms with Crippen LogP contribution in [0.3, 0.4) is 0 Å². The van der Waals surface area contributed by atoms with E-state index >= 15 is 0 Å². The van der Waals surface area contributed by atoms with Crippen LogP contribution in [0.4, 0.5) is 0 Å².